The molecule has 0 fully saturated rings. The zero-order valence-electron chi connectivity index (χ0n) is 14.5. The lowest BCUT2D eigenvalue weighted by Gasteiger charge is -2.09. The number of aliphatic hydroxyl groups is 1. The Hall–Kier alpha value is -2.63. The summed E-state index contributed by atoms with van der Waals surface area (Å²) in [7, 11) is 1.48. The van der Waals surface area contributed by atoms with Gasteiger partial charge < -0.3 is 9.99 Å². The summed E-state index contributed by atoms with van der Waals surface area (Å²) in [5.41, 5.74) is 5.24. The van der Waals surface area contributed by atoms with Crippen molar-refractivity contribution in [3.63, 3.8) is 0 Å². The summed E-state index contributed by atoms with van der Waals surface area (Å²) in [4.78, 5) is 9.71. The van der Waals surface area contributed by atoms with Crippen molar-refractivity contribution in [2.45, 2.75) is 19.8 Å². The first-order chi connectivity index (χ1) is 12.2. The van der Waals surface area contributed by atoms with Crippen molar-refractivity contribution < 1.29 is 14.9 Å². The molecule has 0 saturated heterocycles. The highest BCUT2D eigenvalue weighted by atomic mass is 17.2. The minimum Gasteiger partial charge on any atom is -0.396 e. The summed E-state index contributed by atoms with van der Waals surface area (Å²) < 4.78 is 1.92. The van der Waals surface area contributed by atoms with E-state index in [1.54, 1.807) is 0 Å². The van der Waals surface area contributed by atoms with Gasteiger partial charge in [0, 0.05) is 12.2 Å². The van der Waals surface area contributed by atoms with Crippen LogP contribution in [0.15, 0.2) is 54.6 Å². The van der Waals surface area contributed by atoms with Gasteiger partial charge in [-0.25, -0.2) is 4.68 Å². The van der Waals surface area contributed by atoms with Crippen LogP contribution in [0.4, 0.5) is 0 Å². The van der Waals surface area contributed by atoms with Crippen molar-refractivity contribution in [3.8, 4) is 22.7 Å². The first kappa shape index (κ1) is 17.2. The van der Waals surface area contributed by atoms with E-state index in [2.05, 4.69) is 42.1 Å². The number of hydrogen-bond donors (Lipinski definition) is 1. The molecule has 1 aromatic heterocycles. The molecule has 0 saturated carbocycles. The highest BCUT2D eigenvalue weighted by Crippen LogP contribution is 2.26. The van der Waals surface area contributed by atoms with Crippen LogP contribution in [0.25, 0.3) is 16.9 Å². The van der Waals surface area contributed by atoms with Crippen molar-refractivity contribution in [2.24, 2.45) is 0 Å². The molecule has 5 nitrogen and oxygen atoms in total. The first-order valence-corrected chi connectivity index (χ1v) is 8.29. The molecular weight excluding hydrogens is 316 g/mol. The van der Waals surface area contributed by atoms with Crippen molar-refractivity contribution in [1.82, 2.24) is 9.78 Å². The molecule has 0 aliphatic carbocycles. The molecule has 0 amide bonds. The molecule has 2 aromatic carbocycles. The maximum absolute atomic E-state index is 9.09. The zero-order valence-corrected chi connectivity index (χ0v) is 14.5. The fourth-order valence-electron chi connectivity index (χ4n) is 2.68. The van der Waals surface area contributed by atoms with Crippen LogP contribution in [0.1, 0.15) is 17.7 Å². The normalized spacial score (nSPS) is 10.8. The monoisotopic (exact) mass is 338 g/mol. The third-order valence-electron chi connectivity index (χ3n) is 3.96. The molecule has 25 heavy (non-hydrogen) atoms. The molecule has 1 heterocycles. The lowest BCUT2D eigenvalue weighted by Crippen LogP contribution is -2.00. The molecule has 0 aliphatic heterocycles. The molecule has 3 aromatic rings. The predicted octanol–water partition coefficient (Wildman–Crippen LogP) is 3.71. The smallest absolute Gasteiger partial charge is 0.165 e. The first-order valence-electron chi connectivity index (χ1n) is 8.29. The van der Waals surface area contributed by atoms with E-state index in [0.29, 0.717) is 12.2 Å². The van der Waals surface area contributed by atoms with Crippen LogP contribution >= 0.6 is 0 Å². The van der Waals surface area contributed by atoms with Gasteiger partial charge in [-0.05, 0) is 50.1 Å². The molecule has 0 bridgehead atoms. The fourth-order valence-corrected chi connectivity index (χ4v) is 2.68. The van der Waals surface area contributed by atoms with Gasteiger partial charge in [0.1, 0.15) is 0 Å². The molecule has 0 aliphatic rings. The largest absolute Gasteiger partial charge is 0.396 e. The minimum atomic E-state index is 0.162. The van der Waals surface area contributed by atoms with E-state index < -0.39 is 0 Å². The fraction of sp³-hybridized carbons (Fsp3) is 0.250. The summed E-state index contributed by atoms with van der Waals surface area (Å²) in [5.74, 6) is 0.635. The molecule has 0 unspecified atom stereocenters. The van der Waals surface area contributed by atoms with Gasteiger partial charge in [-0.1, -0.05) is 29.8 Å². The van der Waals surface area contributed by atoms with Gasteiger partial charge in [0.2, 0.25) is 0 Å². The lowest BCUT2D eigenvalue weighted by molar-refractivity contribution is -0.178. The van der Waals surface area contributed by atoms with E-state index in [1.807, 2.05) is 28.9 Å². The van der Waals surface area contributed by atoms with Crippen molar-refractivity contribution >= 4 is 0 Å². The Morgan fingerprint density at radius 1 is 1.04 bits per heavy atom. The van der Waals surface area contributed by atoms with E-state index in [4.69, 9.17) is 15.1 Å². The molecule has 0 radical (unpaired) electrons. The van der Waals surface area contributed by atoms with Crippen LogP contribution in [0.3, 0.4) is 0 Å². The van der Waals surface area contributed by atoms with E-state index >= 15 is 0 Å². The summed E-state index contributed by atoms with van der Waals surface area (Å²) in [6.45, 7) is 2.23. The third kappa shape index (κ3) is 4.07. The van der Waals surface area contributed by atoms with Gasteiger partial charge in [-0.2, -0.15) is 9.99 Å². The van der Waals surface area contributed by atoms with Crippen molar-refractivity contribution in [3.05, 3.63) is 65.9 Å². The summed E-state index contributed by atoms with van der Waals surface area (Å²) in [6, 6.07) is 18.0. The maximum Gasteiger partial charge on any atom is 0.165 e. The molecule has 3 rings (SSSR count). The van der Waals surface area contributed by atoms with Crippen LogP contribution in [-0.4, -0.2) is 28.6 Å². The van der Waals surface area contributed by atoms with Crippen LogP contribution < -0.4 is 4.89 Å². The Morgan fingerprint density at radius 3 is 2.40 bits per heavy atom. The van der Waals surface area contributed by atoms with Gasteiger partial charge >= 0.3 is 0 Å². The quantitative estimate of drug-likeness (QED) is 0.527. The molecule has 0 spiro atoms. The summed E-state index contributed by atoms with van der Waals surface area (Å²) >= 11 is 0. The topological polar surface area (TPSA) is 56.5 Å². The summed E-state index contributed by atoms with van der Waals surface area (Å²) in [5, 5.41) is 13.8. The predicted molar refractivity (Wildman–Crippen MR) is 96.8 cm³/mol. The Balaban J connectivity index is 2.00. The second-order valence-corrected chi connectivity index (χ2v) is 5.87. The molecule has 0 atom stereocenters. The highest BCUT2D eigenvalue weighted by Gasteiger charge is 2.12. The van der Waals surface area contributed by atoms with E-state index in [0.717, 1.165) is 29.1 Å². The second-order valence-electron chi connectivity index (χ2n) is 5.87. The Bertz CT molecular complexity index is 808. The minimum absolute atomic E-state index is 0.162. The average Bonchev–Trinajstić information content (AvgIpc) is 3.06. The SMILES string of the molecule is COOc1ccc(-n2nc(CCCO)cc2-c2ccc(C)cc2)cc1. The second kappa shape index (κ2) is 7.96. The molecular formula is C20H22N2O3. The Kier molecular flexibility index (Phi) is 5.48. The number of nitrogens with zero attached hydrogens (tertiary/aromatic N) is 2. The Morgan fingerprint density at radius 2 is 1.76 bits per heavy atom. The van der Waals surface area contributed by atoms with Gasteiger partial charge in [-0.3, -0.25) is 0 Å². The van der Waals surface area contributed by atoms with E-state index in [9.17, 15) is 0 Å². The standard InChI is InChI=1S/C20H22N2O3/c1-15-5-7-16(8-6-15)20-14-17(4-3-13-23)21-22(20)18-9-11-19(12-10-18)25-24-2/h5-12,14,23H,3-4,13H2,1-2H3. The van der Waals surface area contributed by atoms with Crippen LogP contribution in [0.2, 0.25) is 0 Å². The number of hydrogen-bond acceptors (Lipinski definition) is 4. The average molecular weight is 338 g/mol. The van der Waals surface area contributed by atoms with Gasteiger partial charge in [-0.15, -0.1) is 0 Å². The van der Waals surface area contributed by atoms with E-state index in [-0.39, 0.29) is 6.61 Å². The Labute approximate surface area is 147 Å². The van der Waals surface area contributed by atoms with Crippen LogP contribution in [0, 0.1) is 6.92 Å². The number of aliphatic hydroxyl groups excluding tert-OH is 1. The number of aromatic nitrogens is 2. The van der Waals surface area contributed by atoms with Crippen molar-refractivity contribution in [2.75, 3.05) is 13.7 Å². The van der Waals surface area contributed by atoms with Gasteiger partial charge in [0.25, 0.3) is 0 Å². The number of rotatable bonds is 7. The zero-order chi connectivity index (χ0) is 17.6. The number of benzene rings is 2. The van der Waals surface area contributed by atoms with Crippen molar-refractivity contribution in [1.29, 1.82) is 0 Å². The van der Waals surface area contributed by atoms with Crippen LogP contribution in [0.5, 0.6) is 5.75 Å². The van der Waals surface area contributed by atoms with Crippen LogP contribution in [-0.2, 0) is 11.3 Å². The number of aryl methyl sites for hydroxylation is 2. The molecule has 5 heteroatoms. The summed E-state index contributed by atoms with van der Waals surface area (Å²) in [6.07, 6.45) is 1.44. The third-order valence-corrected chi connectivity index (χ3v) is 3.96. The maximum atomic E-state index is 9.09. The highest BCUT2D eigenvalue weighted by molar-refractivity contribution is 5.63. The molecule has 1 N–H and O–H groups in total. The van der Waals surface area contributed by atoms with Gasteiger partial charge in [0.15, 0.2) is 5.75 Å². The van der Waals surface area contributed by atoms with E-state index in [1.165, 1.54) is 12.7 Å². The lowest BCUT2D eigenvalue weighted by atomic mass is 10.1. The van der Waals surface area contributed by atoms with Gasteiger partial charge in [0.05, 0.1) is 24.2 Å². The molecule has 130 valence electrons.